The van der Waals surface area contributed by atoms with Gasteiger partial charge < -0.3 is 20.5 Å². The quantitative estimate of drug-likeness (QED) is 0.231. The van der Waals surface area contributed by atoms with Crippen molar-refractivity contribution in [1.82, 2.24) is 29.7 Å². The summed E-state index contributed by atoms with van der Waals surface area (Å²) in [5.41, 5.74) is 9.96. The Labute approximate surface area is 242 Å². The van der Waals surface area contributed by atoms with Crippen LogP contribution in [0.4, 0.5) is 23.1 Å². The van der Waals surface area contributed by atoms with E-state index in [-0.39, 0.29) is 5.91 Å². The van der Waals surface area contributed by atoms with Crippen LogP contribution in [0, 0.1) is 13.8 Å². The maximum absolute atomic E-state index is 14.0. The van der Waals surface area contributed by atoms with Crippen LogP contribution in [0.1, 0.15) is 27.2 Å². The van der Waals surface area contributed by atoms with Gasteiger partial charge in [-0.05, 0) is 60.4 Å². The molecule has 6 aromatic rings. The van der Waals surface area contributed by atoms with E-state index in [2.05, 4.69) is 42.8 Å². The lowest BCUT2D eigenvalue weighted by molar-refractivity contribution is 0.0997. The minimum atomic E-state index is -0.0377. The van der Waals surface area contributed by atoms with E-state index in [0.717, 1.165) is 61.5 Å². The molecule has 2 aromatic carbocycles. The van der Waals surface area contributed by atoms with Crippen molar-refractivity contribution in [2.24, 2.45) is 7.05 Å². The van der Waals surface area contributed by atoms with Crippen LogP contribution < -0.4 is 15.5 Å². The smallest absolute Gasteiger partial charge is 0.261 e. The van der Waals surface area contributed by atoms with Gasteiger partial charge >= 0.3 is 0 Å². The molecule has 0 aliphatic carbocycles. The van der Waals surface area contributed by atoms with Crippen LogP contribution in [0.3, 0.4) is 0 Å². The van der Waals surface area contributed by atoms with Gasteiger partial charge in [0, 0.05) is 67.3 Å². The van der Waals surface area contributed by atoms with Crippen LogP contribution in [0.2, 0.25) is 0 Å². The predicted octanol–water partition coefficient (Wildman–Crippen LogP) is 5.98. The molecule has 4 aromatic heterocycles. The third-order valence-electron chi connectivity index (χ3n) is 7.91. The zero-order chi connectivity index (χ0) is 29.0. The lowest BCUT2D eigenvalue weighted by atomic mass is 9.96. The van der Waals surface area contributed by atoms with Crippen molar-refractivity contribution in [1.29, 1.82) is 0 Å². The monoisotopic (exact) mass is 555 g/mol. The lowest BCUT2D eigenvalue weighted by Gasteiger charge is -2.17. The second-order valence-corrected chi connectivity index (χ2v) is 10.4. The minimum absolute atomic E-state index is 0.0377. The van der Waals surface area contributed by atoms with E-state index in [4.69, 9.17) is 4.98 Å². The van der Waals surface area contributed by atoms with Gasteiger partial charge in [-0.15, -0.1) is 0 Å². The van der Waals surface area contributed by atoms with Gasteiger partial charge in [0.15, 0.2) is 5.82 Å². The number of aromatic amines is 1. The first kappa shape index (κ1) is 25.5. The van der Waals surface area contributed by atoms with E-state index in [1.165, 1.54) is 0 Å². The van der Waals surface area contributed by atoms with Crippen molar-refractivity contribution in [2.45, 2.75) is 20.4 Å². The SMILES string of the molecule is CNc1ccc(-c2ccncc2)c2c1C(=O)N(c1cccc3c(-c4nc(Nc5cc(C)n(C)n5)ncc4C)c[nH]c13)C2. The second-order valence-electron chi connectivity index (χ2n) is 10.4. The molecule has 0 spiro atoms. The van der Waals surface area contributed by atoms with E-state index >= 15 is 0 Å². The number of rotatable bonds is 6. The third-order valence-corrected chi connectivity index (χ3v) is 7.91. The summed E-state index contributed by atoms with van der Waals surface area (Å²) in [5.74, 6) is 1.11. The fourth-order valence-corrected chi connectivity index (χ4v) is 5.70. The molecule has 0 atom stereocenters. The molecule has 208 valence electrons. The lowest BCUT2D eigenvalue weighted by Crippen LogP contribution is -2.23. The normalized spacial score (nSPS) is 12.7. The number of aromatic nitrogens is 6. The summed E-state index contributed by atoms with van der Waals surface area (Å²) in [7, 11) is 3.74. The average Bonchev–Trinajstić information content (AvgIpc) is 3.69. The molecule has 0 fully saturated rings. The predicted molar refractivity (Wildman–Crippen MR) is 165 cm³/mol. The number of anilines is 4. The van der Waals surface area contributed by atoms with Crippen molar-refractivity contribution in [2.75, 3.05) is 22.6 Å². The summed E-state index contributed by atoms with van der Waals surface area (Å²) in [5, 5.41) is 11.9. The number of benzene rings is 2. The fraction of sp³-hybridized carbons (Fsp3) is 0.156. The molecule has 0 saturated heterocycles. The number of aryl methyl sites for hydroxylation is 3. The van der Waals surface area contributed by atoms with Crippen LogP contribution in [0.25, 0.3) is 33.3 Å². The largest absolute Gasteiger partial charge is 0.387 e. The number of nitrogens with one attached hydrogen (secondary N) is 3. The highest BCUT2D eigenvalue weighted by atomic mass is 16.2. The Kier molecular flexibility index (Phi) is 5.97. The van der Waals surface area contributed by atoms with Gasteiger partial charge in [-0.1, -0.05) is 18.2 Å². The first-order chi connectivity index (χ1) is 20.4. The highest BCUT2D eigenvalue weighted by Crippen LogP contribution is 2.42. The van der Waals surface area contributed by atoms with Crippen molar-refractivity contribution in [3.8, 4) is 22.4 Å². The van der Waals surface area contributed by atoms with Crippen LogP contribution in [0.15, 0.2) is 73.3 Å². The molecule has 0 radical (unpaired) electrons. The molecule has 1 aliphatic heterocycles. The molecular weight excluding hydrogens is 526 g/mol. The highest BCUT2D eigenvalue weighted by Gasteiger charge is 2.34. The summed E-state index contributed by atoms with van der Waals surface area (Å²) in [6.07, 6.45) is 7.31. The zero-order valence-electron chi connectivity index (χ0n) is 23.7. The van der Waals surface area contributed by atoms with Gasteiger partial charge in [0.25, 0.3) is 5.91 Å². The van der Waals surface area contributed by atoms with Crippen LogP contribution in [-0.4, -0.2) is 42.7 Å². The molecular formula is C32H29N9O. The number of carbonyl (C=O) groups is 1. The zero-order valence-corrected chi connectivity index (χ0v) is 23.7. The van der Waals surface area contributed by atoms with Crippen molar-refractivity contribution >= 4 is 40.0 Å². The summed E-state index contributed by atoms with van der Waals surface area (Å²) in [6.45, 7) is 4.44. The Morgan fingerprint density at radius 2 is 1.86 bits per heavy atom. The van der Waals surface area contributed by atoms with Crippen LogP contribution in [0.5, 0.6) is 0 Å². The first-order valence-electron chi connectivity index (χ1n) is 13.7. The number of para-hydroxylation sites is 1. The molecule has 3 N–H and O–H groups in total. The summed E-state index contributed by atoms with van der Waals surface area (Å²) in [6, 6.07) is 16.0. The Hall–Kier alpha value is -5.51. The highest BCUT2D eigenvalue weighted by molar-refractivity contribution is 6.18. The van der Waals surface area contributed by atoms with E-state index in [0.29, 0.717) is 23.9 Å². The van der Waals surface area contributed by atoms with Crippen molar-refractivity contribution in [3.05, 3.63) is 95.7 Å². The van der Waals surface area contributed by atoms with Crippen LogP contribution in [-0.2, 0) is 13.6 Å². The number of hydrogen-bond donors (Lipinski definition) is 3. The molecule has 10 heteroatoms. The van der Waals surface area contributed by atoms with E-state index in [9.17, 15) is 4.79 Å². The number of carbonyl (C=O) groups excluding carboxylic acids is 1. The van der Waals surface area contributed by atoms with Crippen molar-refractivity contribution in [3.63, 3.8) is 0 Å². The van der Waals surface area contributed by atoms with E-state index in [1.807, 2.05) is 81.6 Å². The first-order valence-corrected chi connectivity index (χ1v) is 13.7. The fourth-order valence-electron chi connectivity index (χ4n) is 5.70. The van der Waals surface area contributed by atoms with Gasteiger partial charge in [-0.3, -0.25) is 14.5 Å². The van der Waals surface area contributed by atoms with Crippen LogP contribution >= 0.6 is 0 Å². The number of fused-ring (bicyclic) bond motifs is 2. The second kappa shape index (κ2) is 9.84. The number of pyridine rings is 1. The molecule has 7 rings (SSSR count). The van der Waals surface area contributed by atoms with E-state index < -0.39 is 0 Å². The standard InChI is InChI=1S/C32H29N9O/c1-18-15-36-32(37-27-14-19(2)40(4)39-27)38-29(18)23-16-35-30-22(23)6-5-7-26(30)41-17-24-21(20-10-12-34-13-11-20)8-9-25(33-3)28(24)31(41)42/h5-16,33,35H,17H2,1-4H3,(H,36,37,38,39). The minimum Gasteiger partial charge on any atom is -0.387 e. The molecule has 42 heavy (non-hydrogen) atoms. The topological polar surface area (TPSA) is 117 Å². The van der Waals surface area contributed by atoms with E-state index in [1.54, 1.807) is 17.1 Å². The molecule has 10 nitrogen and oxygen atoms in total. The Morgan fingerprint density at radius 1 is 1.02 bits per heavy atom. The maximum atomic E-state index is 14.0. The molecule has 0 bridgehead atoms. The van der Waals surface area contributed by atoms with Gasteiger partial charge in [0.05, 0.1) is 29.0 Å². The molecule has 5 heterocycles. The van der Waals surface area contributed by atoms with Gasteiger partial charge in [0.2, 0.25) is 5.95 Å². The third kappa shape index (κ3) is 4.07. The number of hydrogen-bond acceptors (Lipinski definition) is 7. The number of amides is 1. The Bertz CT molecular complexity index is 1970. The summed E-state index contributed by atoms with van der Waals surface area (Å²) < 4.78 is 1.80. The average molecular weight is 556 g/mol. The van der Waals surface area contributed by atoms with Gasteiger partial charge in [-0.25, -0.2) is 9.97 Å². The molecule has 1 aliphatic rings. The number of H-pyrrole nitrogens is 1. The summed E-state index contributed by atoms with van der Waals surface area (Å²) in [4.78, 5) is 32.8. The Morgan fingerprint density at radius 3 is 2.62 bits per heavy atom. The van der Waals surface area contributed by atoms with Crippen molar-refractivity contribution < 1.29 is 4.79 Å². The summed E-state index contributed by atoms with van der Waals surface area (Å²) >= 11 is 0. The van der Waals surface area contributed by atoms with Gasteiger partial charge in [-0.2, -0.15) is 5.10 Å². The molecule has 0 saturated carbocycles. The van der Waals surface area contributed by atoms with Gasteiger partial charge in [0.1, 0.15) is 0 Å². The molecule has 1 amide bonds. The number of nitrogens with zero attached hydrogens (tertiary/aromatic N) is 6. The molecule has 0 unspecified atom stereocenters. The maximum Gasteiger partial charge on any atom is 0.261 e. The Balaban J connectivity index is 1.29.